The lowest BCUT2D eigenvalue weighted by atomic mass is 10.0. The first-order chi connectivity index (χ1) is 7.64. The first-order valence-corrected chi connectivity index (χ1v) is 5.00. The molecule has 0 radical (unpaired) electrons. The van der Waals surface area contributed by atoms with Crippen LogP contribution in [-0.2, 0) is 6.18 Å². The lowest BCUT2D eigenvalue weighted by Crippen LogP contribution is -2.12. The summed E-state index contributed by atoms with van der Waals surface area (Å²) in [4.78, 5) is 20.7. The van der Waals surface area contributed by atoms with Crippen LogP contribution in [0.1, 0.15) is 22.8 Å². The topological polar surface area (TPSA) is 60.2 Å². The lowest BCUT2D eigenvalue weighted by Gasteiger charge is -2.11. The van der Waals surface area contributed by atoms with Crippen molar-refractivity contribution in [1.82, 2.24) is 0 Å². The van der Waals surface area contributed by atoms with Gasteiger partial charge in [0.15, 0.2) is 5.78 Å². The molecule has 0 fully saturated rings. The molecular weight excluding hydrogens is 307 g/mol. The molecule has 4 nitrogen and oxygen atoms in total. The highest BCUT2D eigenvalue weighted by Gasteiger charge is 2.36. The Hall–Kier alpha value is -1.44. The van der Waals surface area contributed by atoms with Gasteiger partial charge in [0.1, 0.15) is 0 Å². The fourth-order valence-corrected chi connectivity index (χ4v) is 1.72. The van der Waals surface area contributed by atoms with Gasteiger partial charge in [-0.3, -0.25) is 14.9 Å². The second kappa shape index (κ2) is 4.44. The van der Waals surface area contributed by atoms with E-state index in [1.54, 1.807) is 0 Å². The van der Waals surface area contributed by atoms with Gasteiger partial charge in [0.05, 0.1) is 15.0 Å². The Kier molecular flexibility index (Phi) is 3.56. The van der Waals surface area contributed by atoms with Crippen molar-refractivity contribution in [3.05, 3.63) is 37.8 Å². The van der Waals surface area contributed by atoms with Crippen LogP contribution in [0.25, 0.3) is 0 Å². The molecule has 0 spiro atoms. The molecule has 17 heavy (non-hydrogen) atoms. The van der Waals surface area contributed by atoms with Crippen LogP contribution in [0.3, 0.4) is 0 Å². The zero-order valence-corrected chi connectivity index (χ0v) is 9.92. The van der Waals surface area contributed by atoms with E-state index in [9.17, 15) is 28.1 Å². The SMILES string of the molecule is CC(=O)c1cc([N+](=O)[O-])c(Br)cc1C(F)(F)F. The summed E-state index contributed by atoms with van der Waals surface area (Å²) in [6.45, 7) is 0.919. The van der Waals surface area contributed by atoms with Gasteiger partial charge in [0.25, 0.3) is 5.69 Å². The van der Waals surface area contributed by atoms with E-state index < -0.39 is 33.7 Å². The van der Waals surface area contributed by atoms with Crippen LogP contribution in [-0.4, -0.2) is 10.7 Å². The zero-order chi connectivity index (χ0) is 13.4. The molecule has 0 aliphatic rings. The van der Waals surface area contributed by atoms with Gasteiger partial charge in [-0.25, -0.2) is 0 Å². The van der Waals surface area contributed by atoms with E-state index >= 15 is 0 Å². The fourth-order valence-electron chi connectivity index (χ4n) is 1.23. The maximum atomic E-state index is 12.6. The Balaban J connectivity index is 3.58. The van der Waals surface area contributed by atoms with Crippen LogP contribution >= 0.6 is 15.9 Å². The number of carbonyl (C=O) groups is 1. The molecule has 0 unspecified atom stereocenters. The van der Waals surface area contributed by atoms with Gasteiger partial charge in [0.2, 0.25) is 0 Å². The minimum atomic E-state index is -4.74. The smallest absolute Gasteiger partial charge is 0.294 e. The van der Waals surface area contributed by atoms with Crippen molar-refractivity contribution >= 4 is 27.4 Å². The third-order valence-electron chi connectivity index (χ3n) is 1.97. The number of ketones is 1. The zero-order valence-electron chi connectivity index (χ0n) is 8.34. The van der Waals surface area contributed by atoms with E-state index in [4.69, 9.17) is 0 Å². The molecular formula is C9H5BrF3NO3. The largest absolute Gasteiger partial charge is 0.417 e. The van der Waals surface area contributed by atoms with Crippen molar-refractivity contribution in [3.8, 4) is 0 Å². The van der Waals surface area contributed by atoms with Gasteiger partial charge < -0.3 is 0 Å². The van der Waals surface area contributed by atoms with Gasteiger partial charge in [-0.05, 0) is 28.9 Å². The Labute approximate surface area is 102 Å². The van der Waals surface area contributed by atoms with Crippen molar-refractivity contribution in [2.75, 3.05) is 0 Å². The second-order valence-corrected chi connectivity index (χ2v) is 4.01. The van der Waals surface area contributed by atoms with E-state index in [-0.39, 0.29) is 4.47 Å². The molecule has 0 saturated carbocycles. The number of nitrogens with zero attached hydrogens (tertiary/aromatic N) is 1. The summed E-state index contributed by atoms with van der Waals surface area (Å²) in [6, 6.07) is 1.16. The summed E-state index contributed by atoms with van der Waals surface area (Å²) in [5.74, 6) is -0.882. The summed E-state index contributed by atoms with van der Waals surface area (Å²) >= 11 is 2.67. The molecule has 1 rings (SSSR count). The molecule has 0 bridgehead atoms. The van der Waals surface area contributed by atoms with E-state index in [0.717, 1.165) is 6.92 Å². The third-order valence-corrected chi connectivity index (χ3v) is 2.60. The molecule has 0 aliphatic heterocycles. The van der Waals surface area contributed by atoms with Crippen LogP contribution < -0.4 is 0 Å². The second-order valence-electron chi connectivity index (χ2n) is 3.16. The molecule has 0 N–H and O–H groups in total. The predicted molar refractivity (Wildman–Crippen MR) is 55.8 cm³/mol. The standard InChI is InChI=1S/C9H5BrF3NO3/c1-4(15)5-2-8(14(16)17)7(10)3-6(5)9(11,12)13/h2-3H,1H3. The number of nitro benzene ring substituents is 1. The van der Waals surface area contributed by atoms with E-state index in [1.165, 1.54) is 0 Å². The van der Waals surface area contributed by atoms with Crippen LogP contribution in [0, 0.1) is 10.1 Å². The minimum absolute atomic E-state index is 0.320. The first-order valence-electron chi connectivity index (χ1n) is 4.20. The number of benzene rings is 1. The molecule has 8 heteroatoms. The van der Waals surface area contributed by atoms with Gasteiger partial charge in [-0.15, -0.1) is 0 Å². The highest BCUT2D eigenvalue weighted by Crippen LogP contribution is 2.37. The number of nitro groups is 1. The molecule has 0 saturated heterocycles. The summed E-state index contributed by atoms with van der Waals surface area (Å²) in [5.41, 5.74) is -2.49. The Bertz CT molecular complexity index is 499. The molecule has 0 atom stereocenters. The maximum absolute atomic E-state index is 12.6. The van der Waals surface area contributed by atoms with Gasteiger partial charge in [-0.2, -0.15) is 13.2 Å². The van der Waals surface area contributed by atoms with Crippen LogP contribution in [0.2, 0.25) is 0 Å². The van der Waals surface area contributed by atoms with Crippen LogP contribution in [0.15, 0.2) is 16.6 Å². The highest BCUT2D eigenvalue weighted by atomic mass is 79.9. The maximum Gasteiger partial charge on any atom is 0.417 e. The summed E-state index contributed by atoms with van der Waals surface area (Å²) in [5, 5.41) is 10.5. The number of carbonyl (C=O) groups excluding carboxylic acids is 1. The summed E-state index contributed by atoms with van der Waals surface area (Å²) in [6.07, 6.45) is -4.74. The van der Waals surface area contributed by atoms with Crippen LogP contribution in [0.4, 0.5) is 18.9 Å². The summed E-state index contributed by atoms with van der Waals surface area (Å²) < 4.78 is 37.4. The number of hydrogen-bond acceptors (Lipinski definition) is 3. The lowest BCUT2D eigenvalue weighted by molar-refractivity contribution is -0.385. The molecule has 0 amide bonds. The van der Waals surface area contributed by atoms with Gasteiger partial charge >= 0.3 is 6.18 Å². The van der Waals surface area contributed by atoms with Crippen molar-refractivity contribution in [2.45, 2.75) is 13.1 Å². The monoisotopic (exact) mass is 311 g/mol. The fraction of sp³-hybridized carbons (Fsp3) is 0.222. The number of rotatable bonds is 2. The van der Waals surface area contributed by atoms with Gasteiger partial charge in [-0.1, -0.05) is 0 Å². The van der Waals surface area contributed by atoms with E-state index in [2.05, 4.69) is 15.9 Å². The number of halogens is 4. The van der Waals surface area contributed by atoms with Crippen molar-refractivity contribution in [2.24, 2.45) is 0 Å². The molecule has 0 aromatic heterocycles. The molecule has 92 valence electrons. The van der Waals surface area contributed by atoms with Crippen molar-refractivity contribution in [1.29, 1.82) is 0 Å². The third kappa shape index (κ3) is 2.82. The Morgan fingerprint density at radius 3 is 2.29 bits per heavy atom. The Morgan fingerprint density at radius 2 is 1.94 bits per heavy atom. The average molecular weight is 312 g/mol. The van der Waals surface area contributed by atoms with Crippen molar-refractivity contribution < 1.29 is 22.9 Å². The summed E-state index contributed by atoms with van der Waals surface area (Å²) in [7, 11) is 0. The quantitative estimate of drug-likeness (QED) is 0.476. The van der Waals surface area contributed by atoms with Crippen molar-refractivity contribution in [3.63, 3.8) is 0 Å². The highest BCUT2D eigenvalue weighted by molar-refractivity contribution is 9.10. The number of alkyl halides is 3. The normalized spacial score (nSPS) is 11.4. The molecule has 1 aromatic carbocycles. The predicted octanol–water partition coefficient (Wildman–Crippen LogP) is 3.58. The average Bonchev–Trinajstić information content (AvgIpc) is 2.14. The van der Waals surface area contributed by atoms with E-state index in [0.29, 0.717) is 12.1 Å². The number of Topliss-reactive ketones (excluding diaryl/α,β-unsaturated/α-hetero) is 1. The minimum Gasteiger partial charge on any atom is -0.294 e. The van der Waals surface area contributed by atoms with Crippen LogP contribution in [0.5, 0.6) is 0 Å². The molecule has 0 aliphatic carbocycles. The molecule has 1 aromatic rings. The van der Waals surface area contributed by atoms with Gasteiger partial charge in [0, 0.05) is 11.6 Å². The van der Waals surface area contributed by atoms with E-state index in [1.807, 2.05) is 0 Å². The Morgan fingerprint density at radius 1 is 1.41 bits per heavy atom. The molecule has 0 heterocycles. The number of hydrogen-bond donors (Lipinski definition) is 0. The first kappa shape index (κ1) is 13.6.